The predicted octanol–water partition coefficient (Wildman–Crippen LogP) is 1.08. The molecule has 0 fully saturated rings. The van der Waals surface area contributed by atoms with Gasteiger partial charge in [0.05, 0.1) is 6.54 Å². The van der Waals surface area contributed by atoms with Crippen molar-refractivity contribution < 1.29 is 17.6 Å². The van der Waals surface area contributed by atoms with Crippen LogP contribution in [-0.4, -0.2) is 35.7 Å². The molecule has 2 N–H and O–H groups in total. The van der Waals surface area contributed by atoms with E-state index < -0.39 is 10.0 Å². The van der Waals surface area contributed by atoms with E-state index in [1.54, 1.807) is 14.2 Å². The van der Waals surface area contributed by atoms with Crippen molar-refractivity contribution in [2.75, 3.05) is 27.3 Å². The zero-order valence-electron chi connectivity index (χ0n) is 10.3. The SMILES string of the molecule is CNCc1cc(S(=O)(=O)NCCCOC)c(Br)o1. The average Bonchev–Trinajstić information content (AvgIpc) is 2.67. The quantitative estimate of drug-likeness (QED) is 0.692. The molecule has 1 aromatic rings. The summed E-state index contributed by atoms with van der Waals surface area (Å²) in [6.45, 7) is 1.31. The van der Waals surface area contributed by atoms with E-state index in [1.807, 2.05) is 0 Å². The monoisotopic (exact) mass is 340 g/mol. The molecule has 0 radical (unpaired) electrons. The topological polar surface area (TPSA) is 80.6 Å². The van der Waals surface area contributed by atoms with Crippen LogP contribution in [0.3, 0.4) is 0 Å². The molecule has 0 aromatic carbocycles. The van der Waals surface area contributed by atoms with Crippen LogP contribution in [0.4, 0.5) is 0 Å². The normalized spacial score (nSPS) is 11.9. The van der Waals surface area contributed by atoms with Gasteiger partial charge >= 0.3 is 0 Å². The maximum absolute atomic E-state index is 12.0. The maximum Gasteiger partial charge on any atom is 0.244 e. The molecule has 6 nitrogen and oxygen atoms in total. The highest BCUT2D eigenvalue weighted by molar-refractivity contribution is 9.10. The third-order valence-electron chi connectivity index (χ3n) is 2.16. The summed E-state index contributed by atoms with van der Waals surface area (Å²) in [5.74, 6) is 0.557. The van der Waals surface area contributed by atoms with Gasteiger partial charge in [-0.2, -0.15) is 0 Å². The number of hydrogen-bond donors (Lipinski definition) is 2. The lowest BCUT2D eigenvalue weighted by Crippen LogP contribution is -2.25. The second kappa shape index (κ2) is 7.25. The summed E-state index contributed by atoms with van der Waals surface area (Å²) in [4.78, 5) is 0.116. The Labute approximate surface area is 115 Å². The Kier molecular flexibility index (Phi) is 6.30. The van der Waals surface area contributed by atoms with E-state index in [-0.39, 0.29) is 9.56 Å². The van der Waals surface area contributed by atoms with Crippen molar-refractivity contribution >= 4 is 26.0 Å². The van der Waals surface area contributed by atoms with Gasteiger partial charge in [-0.25, -0.2) is 13.1 Å². The second-order valence-electron chi connectivity index (χ2n) is 3.63. The number of rotatable bonds is 8. The van der Waals surface area contributed by atoms with Crippen LogP contribution in [0.2, 0.25) is 0 Å². The van der Waals surface area contributed by atoms with Crippen LogP contribution in [0, 0.1) is 0 Å². The number of nitrogens with one attached hydrogen (secondary N) is 2. The number of ether oxygens (including phenoxy) is 1. The Morgan fingerprint density at radius 2 is 2.22 bits per heavy atom. The van der Waals surface area contributed by atoms with Gasteiger partial charge in [-0.15, -0.1) is 0 Å². The van der Waals surface area contributed by atoms with Crippen LogP contribution in [0.5, 0.6) is 0 Å². The van der Waals surface area contributed by atoms with Gasteiger partial charge < -0.3 is 14.5 Å². The smallest absolute Gasteiger partial charge is 0.244 e. The van der Waals surface area contributed by atoms with E-state index in [0.29, 0.717) is 31.9 Å². The highest BCUT2D eigenvalue weighted by Gasteiger charge is 2.21. The molecule has 1 rings (SSSR count). The molecular formula is C10H17BrN2O4S. The van der Waals surface area contributed by atoms with E-state index in [0.717, 1.165) is 0 Å². The Hall–Kier alpha value is -0.410. The van der Waals surface area contributed by atoms with E-state index in [2.05, 4.69) is 26.0 Å². The highest BCUT2D eigenvalue weighted by atomic mass is 79.9. The standard InChI is InChI=1S/C10H17BrN2O4S/c1-12-7-8-6-9(10(11)17-8)18(14,15)13-4-3-5-16-2/h6,12-13H,3-5,7H2,1-2H3. The van der Waals surface area contributed by atoms with Crippen LogP contribution in [0.25, 0.3) is 0 Å². The molecule has 18 heavy (non-hydrogen) atoms. The Morgan fingerprint density at radius 3 is 2.83 bits per heavy atom. The third-order valence-corrected chi connectivity index (χ3v) is 4.48. The van der Waals surface area contributed by atoms with Gasteiger partial charge in [0.1, 0.15) is 10.7 Å². The van der Waals surface area contributed by atoms with Crippen molar-refractivity contribution in [1.82, 2.24) is 10.0 Å². The number of hydrogen-bond acceptors (Lipinski definition) is 5. The van der Waals surface area contributed by atoms with Gasteiger partial charge in [0.15, 0.2) is 4.67 Å². The molecular weight excluding hydrogens is 324 g/mol. The third kappa shape index (κ3) is 4.36. The van der Waals surface area contributed by atoms with Gasteiger partial charge in [-0.3, -0.25) is 0 Å². The molecule has 8 heteroatoms. The molecule has 0 bridgehead atoms. The lowest BCUT2D eigenvalue weighted by molar-refractivity contribution is 0.196. The van der Waals surface area contributed by atoms with Crippen molar-refractivity contribution in [2.24, 2.45) is 0 Å². The van der Waals surface area contributed by atoms with Crippen molar-refractivity contribution in [3.8, 4) is 0 Å². The molecule has 0 aliphatic carbocycles. The summed E-state index contributed by atoms with van der Waals surface area (Å²) in [5, 5.41) is 2.89. The highest BCUT2D eigenvalue weighted by Crippen LogP contribution is 2.25. The number of halogens is 1. The van der Waals surface area contributed by atoms with Crippen molar-refractivity contribution in [1.29, 1.82) is 0 Å². The fourth-order valence-corrected chi connectivity index (χ4v) is 3.41. The lowest BCUT2D eigenvalue weighted by Gasteiger charge is -2.04. The molecule has 104 valence electrons. The van der Waals surface area contributed by atoms with E-state index in [9.17, 15) is 8.42 Å². The van der Waals surface area contributed by atoms with E-state index in [1.165, 1.54) is 6.07 Å². The molecule has 0 aliphatic heterocycles. The van der Waals surface area contributed by atoms with Crippen molar-refractivity contribution in [3.05, 3.63) is 16.5 Å². The Bertz CT molecular complexity index is 472. The Morgan fingerprint density at radius 1 is 1.50 bits per heavy atom. The molecule has 1 heterocycles. The van der Waals surface area contributed by atoms with Gasteiger partial charge in [-0.1, -0.05) is 0 Å². The average molecular weight is 341 g/mol. The van der Waals surface area contributed by atoms with Gasteiger partial charge in [0, 0.05) is 26.3 Å². The van der Waals surface area contributed by atoms with Crippen LogP contribution in [0.15, 0.2) is 20.0 Å². The summed E-state index contributed by atoms with van der Waals surface area (Å²) in [5.41, 5.74) is 0. The molecule has 0 unspecified atom stereocenters. The summed E-state index contributed by atoms with van der Waals surface area (Å²) >= 11 is 3.11. The summed E-state index contributed by atoms with van der Waals surface area (Å²) in [7, 11) is -0.211. The zero-order chi connectivity index (χ0) is 13.6. The zero-order valence-corrected chi connectivity index (χ0v) is 12.7. The number of methoxy groups -OCH3 is 1. The fourth-order valence-electron chi connectivity index (χ4n) is 1.34. The predicted molar refractivity (Wildman–Crippen MR) is 70.9 cm³/mol. The van der Waals surface area contributed by atoms with E-state index >= 15 is 0 Å². The minimum atomic E-state index is -3.54. The minimum Gasteiger partial charge on any atom is -0.452 e. The van der Waals surface area contributed by atoms with E-state index in [4.69, 9.17) is 9.15 Å². The first-order valence-electron chi connectivity index (χ1n) is 5.42. The van der Waals surface area contributed by atoms with Gasteiger partial charge in [0.25, 0.3) is 0 Å². The largest absolute Gasteiger partial charge is 0.452 e. The van der Waals surface area contributed by atoms with Crippen molar-refractivity contribution in [3.63, 3.8) is 0 Å². The molecule has 0 saturated carbocycles. The molecule has 0 atom stereocenters. The van der Waals surface area contributed by atoms with Crippen LogP contribution >= 0.6 is 15.9 Å². The lowest BCUT2D eigenvalue weighted by atomic mass is 10.4. The molecule has 0 spiro atoms. The number of furan rings is 1. The summed E-state index contributed by atoms with van der Waals surface area (Å²) in [6, 6.07) is 1.50. The molecule has 0 aliphatic rings. The summed E-state index contributed by atoms with van der Waals surface area (Å²) < 4.78 is 36.8. The van der Waals surface area contributed by atoms with Crippen LogP contribution in [-0.2, 0) is 21.3 Å². The Balaban J connectivity index is 2.72. The maximum atomic E-state index is 12.0. The first-order valence-corrected chi connectivity index (χ1v) is 7.70. The van der Waals surface area contributed by atoms with Gasteiger partial charge in [-0.05, 0) is 29.4 Å². The molecule has 0 saturated heterocycles. The fraction of sp³-hybridized carbons (Fsp3) is 0.600. The molecule has 0 amide bonds. The van der Waals surface area contributed by atoms with Crippen LogP contribution in [0.1, 0.15) is 12.2 Å². The van der Waals surface area contributed by atoms with Gasteiger partial charge in [0.2, 0.25) is 10.0 Å². The molecule has 1 aromatic heterocycles. The number of sulfonamides is 1. The minimum absolute atomic E-state index is 0.116. The van der Waals surface area contributed by atoms with Crippen LogP contribution < -0.4 is 10.0 Å². The first-order chi connectivity index (χ1) is 8.51. The second-order valence-corrected chi connectivity index (χ2v) is 6.08. The first kappa shape index (κ1) is 15.6. The summed E-state index contributed by atoms with van der Waals surface area (Å²) in [6.07, 6.45) is 0.620. The van der Waals surface area contributed by atoms with Crippen molar-refractivity contribution in [2.45, 2.75) is 17.9 Å².